The van der Waals surface area contributed by atoms with Crippen molar-refractivity contribution in [3.8, 4) is 0 Å². The van der Waals surface area contributed by atoms with E-state index in [1.165, 1.54) is 0 Å². The number of hydrogen-bond acceptors (Lipinski definition) is 3. The molecule has 144 valence electrons. The Balaban J connectivity index is 1.92. The van der Waals surface area contributed by atoms with Crippen LogP contribution in [0.4, 0.5) is 0 Å². The minimum atomic E-state index is -0.740. The van der Waals surface area contributed by atoms with Crippen LogP contribution in [-0.4, -0.2) is 28.6 Å². The molecule has 2 amide bonds. The number of halogens is 2. The summed E-state index contributed by atoms with van der Waals surface area (Å²) in [5, 5.41) is 5.66. The lowest BCUT2D eigenvalue weighted by Crippen LogP contribution is -2.46. The predicted molar refractivity (Wildman–Crippen MR) is 110 cm³/mol. The van der Waals surface area contributed by atoms with Gasteiger partial charge in [0.1, 0.15) is 11.9 Å². The van der Waals surface area contributed by atoms with Gasteiger partial charge in [-0.2, -0.15) is 0 Å². The van der Waals surface area contributed by atoms with Gasteiger partial charge in [-0.1, -0.05) is 42.6 Å². The summed E-state index contributed by atoms with van der Waals surface area (Å²) in [6.45, 7) is 0.342. The normalized spacial score (nSPS) is 15.5. The first-order chi connectivity index (χ1) is 13.1. The third kappa shape index (κ3) is 5.24. The van der Waals surface area contributed by atoms with Gasteiger partial charge in [0, 0.05) is 15.9 Å². The molecule has 1 unspecified atom stereocenters. The highest BCUT2D eigenvalue weighted by molar-refractivity contribution is 7.09. The molecule has 1 heterocycles. The third-order valence-corrected chi connectivity index (χ3v) is 6.13. The number of benzene rings is 1. The monoisotopic (exact) mass is 424 g/mol. The number of nitrogens with zero attached hydrogens (tertiary/aromatic N) is 1. The Morgan fingerprint density at radius 3 is 2.48 bits per heavy atom. The number of carbonyl (C=O) groups is 2. The first-order valence-corrected chi connectivity index (χ1v) is 10.8. The summed E-state index contributed by atoms with van der Waals surface area (Å²) >= 11 is 13.4. The first kappa shape index (κ1) is 20.2. The number of amides is 2. The second-order valence-electron chi connectivity index (χ2n) is 6.68. The van der Waals surface area contributed by atoms with E-state index >= 15 is 0 Å². The van der Waals surface area contributed by atoms with E-state index in [9.17, 15) is 9.59 Å². The molecule has 1 fully saturated rings. The smallest absolute Gasteiger partial charge is 0.247 e. The van der Waals surface area contributed by atoms with Gasteiger partial charge in [-0.15, -0.1) is 22.9 Å². The molecule has 0 radical (unpaired) electrons. The lowest BCUT2D eigenvalue weighted by molar-refractivity contribution is -0.140. The number of carbonyl (C=O) groups excluding carboxylic acids is 2. The number of rotatable bonds is 7. The Bertz CT molecular complexity index is 759. The highest BCUT2D eigenvalue weighted by atomic mass is 35.5. The van der Waals surface area contributed by atoms with Gasteiger partial charge in [0.05, 0.1) is 6.54 Å². The lowest BCUT2D eigenvalue weighted by Gasteiger charge is -2.31. The van der Waals surface area contributed by atoms with Crippen LogP contribution in [0, 0.1) is 0 Å². The van der Waals surface area contributed by atoms with E-state index in [0.717, 1.165) is 36.1 Å². The highest BCUT2D eigenvalue weighted by Crippen LogP contribution is 2.28. The maximum Gasteiger partial charge on any atom is 0.247 e. The quantitative estimate of drug-likeness (QED) is 0.650. The van der Waals surface area contributed by atoms with Crippen LogP contribution < -0.4 is 5.32 Å². The Hall–Kier alpha value is -1.56. The molecular weight excluding hydrogens is 403 g/mol. The number of hydrogen-bond donors (Lipinski definition) is 1. The number of alkyl halides is 1. The lowest BCUT2D eigenvalue weighted by atomic mass is 10.0. The van der Waals surface area contributed by atoms with Crippen molar-refractivity contribution >= 4 is 46.4 Å². The summed E-state index contributed by atoms with van der Waals surface area (Å²) in [6, 6.07) is 10.4. The summed E-state index contributed by atoms with van der Waals surface area (Å²) in [5.41, 5.74) is 0.727. The SMILES string of the molecule is O=C(NC1CCCC1)C(c1ccc(Cl)cc1)N(Cc1cccs1)C(=O)CCl. The van der Waals surface area contributed by atoms with Crippen LogP contribution in [0.3, 0.4) is 0 Å². The van der Waals surface area contributed by atoms with Crippen molar-refractivity contribution in [2.24, 2.45) is 0 Å². The molecule has 1 saturated carbocycles. The van der Waals surface area contributed by atoms with Gasteiger partial charge < -0.3 is 10.2 Å². The van der Waals surface area contributed by atoms with Crippen molar-refractivity contribution in [3.63, 3.8) is 0 Å². The first-order valence-electron chi connectivity index (χ1n) is 9.02. The summed E-state index contributed by atoms with van der Waals surface area (Å²) in [7, 11) is 0. The van der Waals surface area contributed by atoms with Crippen molar-refractivity contribution in [1.82, 2.24) is 10.2 Å². The minimum absolute atomic E-state index is 0.167. The van der Waals surface area contributed by atoms with Gasteiger partial charge in [0.15, 0.2) is 0 Å². The Labute approximate surface area is 173 Å². The minimum Gasteiger partial charge on any atom is -0.351 e. The summed E-state index contributed by atoms with van der Waals surface area (Å²) in [5.74, 6) is -0.613. The number of nitrogens with one attached hydrogen (secondary N) is 1. The zero-order chi connectivity index (χ0) is 19.2. The summed E-state index contributed by atoms with van der Waals surface area (Å²) < 4.78 is 0. The molecule has 1 aliphatic carbocycles. The molecular formula is C20H22Cl2N2O2S. The molecule has 3 rings (SSSR count). The average Bonchev–Trinajstić information content (AvgIpc) is 3.36. The van der Waals surface area contributed by atoms with E-state index in [-0.39, 0.29) is 23.7 Å². The Kier molecular flexibility index (Phi) is 7.16. The summed E-state index contributed by atoms with van der Waals surface area (Å²) in [4.78, 5) is 28.4. The molecule has 0 aliphatic heterocycles. The fourth-order valence-corrected chi connectivity index (χ4v) is 4.42. The average molecular weight is 425 g/mol. The van der Waals surface area contributed by atoms with E-state index in [2.05, 4.69) is 5.32 Å². The van der Waals surface area contributed by atoms with Crippen LogP contribution >= 0.6 is 34.5 Å². The zero-order valence-electron chi connectivity index (χ0n) is 14.9. The van der Waals surface area contributed by atoms with Crippen LogP contribution in [-0.2, 0) is 16.1 Å². The predicted octanol–water partition coefficient (Wildman–Crippen LogP) is 4.77. The van der Waals surface area contributed by atoms with Crippen LogP contribution in [0.5, 0.6) is 0 Å². The van der Waals surface area contributed by atoms with E-state index in [4.69, 9.17) is 23.2 Å². The summed E-state index contributed by atoms with van der Waals surface area (Å²) in [6.07, 6.45) is 4.20. The molecule has 7 heteroatoms. The maximum atomic E-state index is 13.2. The van der Waals surface area contributed by atoms with E-state index in [1.54, 1.807) is 40.5 Å². The Morgan fingerprint density at radius 2 is 1.89 bits per heavy atom. The van der Waals surface area contributed by atoms with Gasteiger partial charge in [0.2, 0.25) is 11.8 Å². The van der Waals surface area contributed by atoms with Crippen molar-refractivity contribution in [2.45, 2.75) is 44.3 Å². The molecule has 1 aromatic heterocycles. The van der Waals surface area contributed by atoms with Crippen molar-refractivity contribution in [2.75, 3.05) is 5.88 Å². The standard InChI is InChI=1S/C20H22Cl2N2O2S/c21-12-18(25)24(13-17-6-3-11-27-17)19(14-7-9-15(22)10-8-14)20(26)23-16-4-1-2-5-16/h3,6-11,16,19H,1-2,4-5,12-13H2,(H,23,26). The fourth-order valence-electron chi connectivity index (χ4n) is 3.44. The van der Waals surface area contributed by atoms with Gasteiger partial charge in [0.25, 0.3) is 0 Å². The fraction of sp³-hybridized carbons (Fsp3) is 0.400. The molecule has 4 nitrogen and oxygen atoms in total. The molecule has 0 bridgehead atoms. The van der Waals surface area contributed by atoms with Gasteiger partial charge in [-0.3, -0.25) is 9.59 Å². The van der Waals surface area contributed by atoms with Crippen molar-refractivity contribution in [3.05, 3.63) is 57.2 Å². The van der Waals surface area contributed by atoms with E-state index in [0.29, 0.717) is 11.6 Å². The molecule has 2 aromatic rings. The second kappa shape index (κ2) is 9.58. The van der Waals surface area contributed by atoms with Crippen molar-refractivity contribution < 1.29 is 9.59 Å². The van der Waals surface area contributed by atoms with E-state index in [1.807, 2.05) is 17.5 Å². The van der Waals surface area contributed by atoms with Crippen LogP contribution in [0.15, 0.2) is 41.8 Å². The molecule has 1 atom stereocenters. The molecule has 0 saturated heterocycles. The largest absolute Gasteiger partial charge is 0.351 e. The van der Waals surface area contributed by atoms with Crippen LogP contribution in [0.1, 0.15) is 42.2 Å². The maximum absolute atomic E-state index is 13.2. The molecule has 27 heavy (non-hydrogen) atoms. The van der Waals surface area contributed by atoms with Gasteiger partial charge >= 0.3 is 0 Å². The second-order valence-corrected chi connectivity index (χ2v) is 8.41. The molecule has 1 aromatic carbocycles. The van der Waals surface area contributed by atoms with Crippen LogP contribution in [0.25, 0.3) is 0 Å². The molecule has 1 aliphatic rings. The van der Waals surface area contributed by atoms with Gasteiger partial charge in [-0.25, -0.2) is 0 Å². The topological polar surface area (TPSA) is 49.4 Å². The number of thiophene rings is 1. The zero-order valence-corrected chi connectivity index (χ0v) is 17.2. The molecule has 0 spiro atoms. The third-order valence-electron chi connectivity index (χ3n) is 4.79. The molecule has 1 N–H and O–H groups in total. The van der Waals surface area contributed by atoms with E-state index < -0.39 is 6.04 Å². The van der Waals surface area contributed by atoms with Crippen LogP contribution in [0.2, 0.25) is 5.02 Å². The van der Waals surface area contributed by atoms with Gasteiger partial charge in [-0.05, 0) is 42.0 Å². The van der Waals surface area contributed by atoms with Crippen molar-refractivity contribution in [1.29, 1.82) is 0 Å². The Morgan fingerprint density at radius 1 is 1.19 bits per heavy atom. The highest BCUT2D eigenvalue weighted by Gasteiger charge is 2.33.